The van der Waals surface area contributed by atoms with E-state index in [1.807, 2.05) is 0 Å². The number of tetrazole rings is 1. The second-order valence-corrected chi connectivity index (χ2v) is 10.3. The second-order valence-electron chi connectivity index (χ2n) is 9.86. The van der Waals surface area contributed by atoms with Crippen LogP contribution in [0.15, 0.2) is 97.6 Å². The fraction of sp³-hybridized carbons (Fsp3) is 0.0645. The summed E-state index contributed by atoms with van der Waals surface area (Å²) in [5, 5.41) is 30.7. The van der Waals surface area contributed by atoms with Gasteiger partial charge in [-0.15, -0.1) is 5.10 Å². The van der Waals surface area contributed by atoms with E-state index in [9.17, 15) is 24.0 Å². The number of amides is 4. The van der Waals surface area contributed by atoms with Gasteiger partial charge in [-0.05, 0) is 82.7 Å². The highest BCUT2D eigenvalue weighted by molar-refractivity contribution is 6.40. The number of nitrogens with zero attached hydrogens (tertiary/aromatic N) is 5. The quantitative estimate of drug-likeness (QED) is 0.139. The number of rotatable bonds is 10. The molecule has 0 aliphatic carbocycles. The van der Waals surface area contributed by atoms with Crippen LogP contribution >= 0.6 is 11.6 Å². The molecule has 5 aromatic rings. The van der Waals surface area contributed by atoms with E-state index in [4.69, 9.17) is 16.7 Å². The highest BCUT2D eigenvalue weighted by atomic mass is 35.5. The molecule has 1 unspecified atom stereocenters. The minimum Gasteiger partial charge on any atom is -0.478 e. The van der Waals surface area contributed by atoms with Gasteiger partial charge < -0.3 is 26.4 Å². The topological polar surface area (TPSA) is 210 Å². The van der Waals surface area contributed by atoms with Gasteiger partial charge in [0.25, 0.3) is 5.91 Å². The maximum Gasteiger partial charge on any atom is 0.335 e. The lowest BCUT2D eigenvalue weighted by Gasteiger charge is -2.19. The summed E-state index contributed by atoms with van der Waals surface area (Å²) in [6, 6.07) is 18.4. The van der Waals surface area contributed by atoms with Gasteiger partial charge in [0.15, 0.2) is 0 Å². The normalized spacial score (nSPS) is 11.2. The first kappa shape index (κ1) is 31.9. The highest BCUT2D eigenvalue weighted by Crippen LogP contribution is 2.24. The summed E-state index contributed by atoms with van der Waals surface area (Å²) >= 11 is 6.11. The first-order valence-electron chi connectivity index (χ1n) is 13.8. The van der Waals surface area contributed by atoms with Crippen molar-refractivity contribution in [2.75, 3.05) is 16.0 Å². The maximum absolute atomic E-state index is 13.4. The number of aromatic nitrogens is 5. The summed E-state index contributed by atoms with van der Waals surface area (Å²) < 4.78 is 1.26. The standard InChI is InChI=1S/C31H24ClN9O6/c32-21-5-10-26(41-17-34-39-40-41)24(16-21)37-29(44)30(45)38-25(28(43)36-23-8-3-20(4-9-23)31(46)47)15-18-1-6-22(7-2-18)35-27(42)19-11-13-33-14-12-19/h1-14,16-17,25H,15H2,(H,35,42)(H,36,43)(H,37,44)(H,38,45)(H,46,47). The number of carboxylic acid groups (broad SMARTS) is 1. The predicted molar refractivity (Wildman–Crippen MR) is 169 cm³/mol. The lowest BCUT2D eigenvalue weighted by molar-refractivity contribution is -0.137. The zero-order valence-electron chi connectivity index (χ0n) is 24.1. The van der Waals surface area contributed by atoms with Crippen molar-refractivity contribution in [3.05, 3.63) is 119 Å². The lowest BCUT2D eigenvalue weighted by atomic mass is 10.0. The molecule has 0 radical (unpaired) electrons. The monoisotopic (exact) mass is 653 g/mol. The van der Waals surface area contributed by atoms with Gasteiger partial charge in [-0.3, -0.25) is 24.2 Å². The molecule has 0 fully saturated rings. The van der Waals surface area contributed by atoms with Crippen LogP contribution in [0.4, 0.5) is 17.1 Å². The number of carbonyl (C=O) groups excluding carboxylic acids is 4. The average molecular weight is 654 g/mol. The van der Waals surface area contributed by atoms with E-state index in [0.29, 0.717) is 22.5 Å². The Kier molecular flexibility index (Phi) is 9.87. The molecule has 47 heavy (non-hydrogen) atoms. The second kappa shape index (κ2) is 14.5. The van der Waals surface area contributed by atoms with Gasteiger partial charge >= 0.3 is 17.8 Å². The number of benzene rings is 3. The Balaban J connectivity index is 1.32. The third-order valence-electron chi connectivity index (χ3n) is 6.62. The van der Waals surface area contributed by atoms with Gasteiger partial charge in [-0.2, -0.15) is 4.68 Å². The summed E-state index contributed by atoms with van der Waals surface area (Å²) in [5.74, 6) is -4.38. The largest absolute Gasteiger partial charge is 0.478 e. The van der Waals surface area contributed by atoms with Crippen molar-refractivity contribution in [1.29, 1.82) is 0 Å². The van der Waals surface area contributed by atoms with Gasteiger partial charge in [-0.1, -0.05) is 23.7 Å². The number of hydrogen-bond donors (Lipinski definition) is 5. The van der Waals surface area contributed by atoms with Crippen molar-refractivity contribution in [3.8, 4) is 5.69 Å². The minimum atomic E-state index is -1.26. The molecule has 0 saturated carbocycles. The van der Waals surface area contributed by atoms with Crippen molar-refractivity contribution in [2.45, 2.75) is 12.5 Å². The Labute approximate surface area is 271 Å². The number of halogens is 1. The predicted octanol–water partition coefficient (Wildman–Crippen LogP) is 2.97. The van der Waals surface area contributed by atoms with Crippen molar-refractivity contribution in [2.24, 2.45) is 0 Å². The van der Waals surface area contributed by atoms with Crippen molar-refractivity contribution in [1.82, 2.24) is 30.5 Å². The molecule has 4 amide bonds. The first-order valence-corrected chi connectivity index (χ1v) is 14.1. The summed E-state index contributed by atoms with van der Waals surface area (Å²) in [6.45, 7) is 0. The minimum absolute atomic E-state index is 0.0164. The molecule has 0 aliphatic rings. The van der Waals surface area contributed by atoms with Crippen LogP contribution in [0.5, 0.6) is 0 Å². The van der Waals surface area contributed by atoms with Crippen LogP contribution in [-0.2, 0) is 20.8 Å². The molecular weight excluding hydrogens is 630 g/mol. The SMILES string of the molecule is O=C(Nc1cc(Cl)ccc1-n1cnnn1)C(=O)NC(Cc1ccc(NC(=O)c2ccncc2)cc1)C(=O)Nc1ccc(C(=O)O)cc1. The van der Waals surface area contributed by atoms with E-state index in [1.165, 1.54) is 53.7 Å². The first-order chi connectivity index (χ1) is 22.7. The van der Waals surface area contributed by atoms with Crippen LogP contribution in [-0.4, -0.2) is 65.9 Å². The molecule has 0 bridgehead atoms. The Morgan fingerprint density at radius 2 is 1.47 bits per heavy atom. The molecule has 5 rings (SSSR count). The van der Waals surface area contributed by atoms with Crippen molar-refractivity contribution in [3.63, 3.8) is 0 Å². The van der Waals surface area contributed by atoms with Gasteiger partial charge in [0.05, 0.1) is 16.9 Å². The van der Waals surface area contributed by atoms with Crippen LogP contribution in [0.1, 0.15) is 26.3 Å². The third-order valence-corrected chi connectivity index (χ3v) is 6.86. The van der Waals surface area contributed by atoms with E-state index in [1.54, 1.807) is 48.5 Å². The summed E-state index contributed by atoms with van der Waals surface area (Å²) in [4.78, 5) is 67.1. The highest BCUT2D eigenvalue weighted by Gasteiger charge is 2.26. The Morgan fingerprint density at radius 1 is 0.787 bits per heavy atom. The number of nitrogens with one attached hydrogen (secondary N) is 4. The van der Waals surface area contributed by atoms with Crippen LogP contribution in [0, 0.1) is 0 Å². The zero-order chi connectivity index (χ0) is 33.3. The molecule has 2 heterocycles. The number of anilines is 3. The molecule has 1 atom stereocenters. The van der Waals surface area contributed by atoms with E-state index in [-0.39, 0.29) is 34.3 Å². The van der Waals surface area contributed by atoms with E-state index >= 15 is 0 Å². The summed E-state index contributed by atoms with van der Waals surface area (Å²) in [7, 11) is 0. The van der Waals surface area contributed by atoms with Gasteiger partial charge in [0.2, 0.25) is 5.91 Å². The number of aromatic carboxylic acids is 1. The van der Waals surface area contributed by atoms with E-state index in [2.05, 4.69) is 41.8 Å². The number of pyridine rings is 1. The summed E-state index contributed by atoms with van der Waals surface area (Å²) in [5.41, 5.74) is 2.24. The summed E-state index contributed by atoms with van der Waals surface area (Å²) in [6.07, 6.45) is 4.24. The van der Waals surface area contributed by atoms with Crippen LogP contribution < -0.4 is 21.3 Å². The van der Waals surface area contributed by atoms with Gasteiger partial charge in [0.1, 0.15) is 12.4 Å². The maximum atomic E-state index is 13.4. The van der Waals surface area contributed by atoms with E-state index in [0.717, 1.165) is 0 Å². The molecule has 2 aromatic heterocycles. The third kappa shape index (κ3) is 8.37. The molecule has 0 saturated heterocycles. The Hall–Kier alpha value is -6.48. The number of hydrogen-bond acceptors (Lipinski definition) is 9. The van der Waals surface area contributed by atoms with Crippen LogP contribution in [0.25, 0.3) is 5.69 Å². The average Bonchev–Trinajstić information content (AvgIpc) is 3.61. The van der Waals surface area contributed by atoms with Crippen molar-refractivity contribution >= 4 is 58.3 Å². The lowest BCUT2D eigenvalue weighted by Crippen LogP contribution is -2.49. The van der Waals surface area contributed by atoms with E-state index < -0.39 is 29.7 Å². The molecule has 0 spiro atoms. The molecule has 236 valence electrons. The number of carboxylic acids is 1. The fourth-order valence-corrected chi connectivity index (χ4v) is 4.46. The Bertz CT molecular complexity index is 1920. The Morgan fingerprint density at radius 3 is 2.13 bits per heavy atom. The molecular formula is C31H24ClN9O6. The zero-order valence-corrected chi connectivity index (χ0v) is 24.9. The van der Waals surface area contributed by atoms with Gasteiger partial charge in [0, 0.05) is 40.8 Å². The number of carbonyl (C=O) groups is 5. The molecule has 15 nitrogen and oxygen atoms in total. The smallest absolute Gasteiger partial charge is 0.335 e. The molecule has 0 aliphatic heterocycles. The molecule has 5 N–H and O–H groups in total. The fourth-order valence-electron chi connectivity index (χ4n) is 4.28. The van der Waals surface area contributed by atoms with Crippen LogP contribution in [0.2, 0.25) is 5.02 Å². The molecule has 16 heteroatoms. The van der Waals surface area contributed by atoms with Gasteiger partial charge in [-0.25, -0.2) is 4.79 Å². The molecule has 3 aromatic carbocycles. The van der Waals surface area contributed by atoms with Crippen LogP contribution in [0.3, 0.4) is 0 Å². The van der Waals surface area contributed by atoms with Crippen molar-refractivity contribution < 1.29 is 29.1 Å².